The number of pyridine rings is 1. The Bertz CT molecular complexity index is 691. The van der Waals surface area contributed by atoms with Crippen LogP contribution >= 0.6 is 11.6 Å². The second kappa shape index (κ2) is 5.18. The molecule has 0 fully saturated rings. The Morgan fingerprint density at radius 2 is 2.00 bits per heavy atom. The minimum absolute atomic E-state index is 0.00553. The molecule has 1 aromatic carbocycles. The molecule has 5 heteroatoms. The zero-order valence-electron chi connectivity index (χ0n) is 9.18. The summed E-state index contributed by atoms with van der Waals surface area (Å²) in [4.78, 5) is 4.21. The molecule has 0 radical (unpaired) electrons. The van der Waals surface area contributed by atoms with Crippen LogP contribution in [0, 0.1) is 22.7 Å². The van der Waals surface area contributed by atoms with Gasteiger partial charge in [-0.2, -0.15) is 10.5 Å². The van der Waals surface area contributed by atoms with Crippen LogP contribution < -0.4 is 5.32 Å². The van der Waals surface area contributed by atoms with Crippen LogP contribution in [0.4, 0.5) is 5.69 Å². The van der Waals surface area contributed by atoms with Crippen molar-refractivity contribution in [2.24, 2.45) is 0 Å². The summed E-state index contributed by atoms with van der Waals surface area (Å²) in [5, 5.41) is 21.5. The topological polar surface area (TPSA) is 72.5 Å². The molecular weight excluding hydrogens is 248 g/mol. The van der Waals surface area contributed by atoms with E-state index >= 15 is 0 Å². The van der Waals surface area contributed by atoms with E-state index in [0.717, 1.165) is 5.39 Å². The number of rotatable bonds is 2. The van der Waals surface area contributed by atoms with E-state index in [1.54, 1.807) is 24.3 Å². The van der Waals surface area contributed by atoms with Crippen molar-refractivity contribution in [3.8, 4) is 12.1 Å². The monoisotopic (exact) mass is 254 g/mol. The third-order valence-corrected chi connectivity index (χ3v) is 2.51. The normalized spacial score (nSPS) is 9.28. The molecule has 0 saturated carbocycles. The highest BCUT2D eigenvalue weighted by atomic mass is 35.5. The summed E-state index contributed by atoms with van der Waals surface area (Å²) in [6.45, 7) is 0. The van der Waals surface area contributed by atoms with Gasteiger partial charge in [0.2, 0.25) is 0 Å². The molecule has 1 aromatic heterocycles. The molecule has 2 rings (SSSR count). The number of aromatic nitrogens is 1. The summed E-state index contributed by atoms with van der Waals surface area (Å²) in [5.41, 5.74) is 1.38. The number of benzene rings is 1. The van der Waals surface area contributed by atoms with Gasteiger partial charge < -0.3 is 5.32 Å². The Morgan fingerprint density at radius 3 is 2.72 bits per heavy atom. The quantitative estimate of drug-likeness (QED) is 0.660. The average molecular weight is 255 g/mol. The molecule has 0 amide bonds. The van der Waals surface area contributed by atoms with Gasteiger partial charge in [0.15, 0.2) is 0 Å². The molecule has 0 aliphatic heterocycles. The first-order valence-corrected chi connectivity index (χ1v) is 5.44. The van der Waals surface area contributed by atoms with Crippen LogP contribution in [0.2, 0.25) is 5.15 Å². The lowest BCUT2D eigenvalue weighted by molar-refractivity contribution is 1.40. The summed E-state index contributed by atoms with van der Waals surface area (Å²) in [6, 6.07) is 12.7. The number of hydrogen-bond donors (Lipinski definition) is 1. The lowest BCUT2D eigenvalue weighted by Crippen LogP contribution is -1.92. The number of fused-ring (bicyclic) bond motifs is 1. The number of nitrogens with zero attached hydrogens (tertiary/aromatic N) is 3. The van der Waals surface area contributed by atoms with E-state index in [2.05, 4.69) is 10.3 Å². The van der Waals surface area contributed by atoms with Crippen LogP contribution in [0.15, 0.2) is 42.1 Å². The van der Waals surface area contributed by atoms with Crippen LogP contribution in [0.3, 0.4) is 0 Å². The highest BCUT2D eigenvalue weighted by Crippen LogP contribution is 2.23. The SMILES string of the molecule is N#CC(C#N)=CNc1cccc2ccc(Cl)nc12. The van der Waals surface area contributed by atoms with Gasteiger partial charge >= 0.3 is 0 Å². The molecule has 0 bridgehead atoms. The van der Waals surface area contributed by atoms with Gasteiger partial charge in [-0.05, 0) is 18.2 Å². The van der Waals surface area contributed by atoms with E-state index in [-0.39, 0.29) is 5.57 Å². The number of nitrogens with one attached hydrogen (secondary N) is 1. The van der Waals surface area contributed by atoms with Gasteiger partial charge in [-0.15, -0.1) is 0 Å². The van der Waals surface area contributed by atoms with Crippen molar-refractivity contribution in [2.75, 3.05) is 5.32 Å². The fourth-order valence-corrected chi connectivity index (χ4v) is 1.63. The van der Waals surface area contributed by atoms with Crippen molar-refractivity contribution < 1.29 is 0 Å². The van der Waals surface area contributed by atoms with Crippen LogP contribution in [0.1, 0.15) is 0 Å². The first kappa shape index (κ1) is 11.9. The van der Waals surface area contributed by atoms with Gasteiger partial charge in [0.05, 0.1) is 11.2 Å². The fraction of sp³-hybridized carbons (Fsp3) is 0. The van der Waals surface area contributed by atoms with Crippen molar-refractivity contribution in [1.82, 2.24) is 4.98 Å². The van der Waals surface area contributed by atoms with E-state index in [1.807, 2.05) is 18.2 Å². The summed E-state index contributed by atoms with van der Waals surface area (Å²) in [5.74, 6) is 0. The van der Waals surface area contributed by atoms with Gasteiger partial charge in [-0.1, -0.05) is 23.7 Å². The predicted molar refractivity (Wildman–Crippen MR) is 69.7 cm³/mol. The van der Waals surface area contributed by atoms with Crippen LogP contribution in [-0.4, -0.2) is 4.98 Å². The maximum Gasteiger partial charge on any atom is 0.145 e. The fourth-order valence-electron chi connectivity index (χ4n) is 1.48. The zero-order chi connectivity index (χ0) is 13.0. The Kier molecular flexibility index (Phi) is 3.43. The first-order chi connectivity index (χ1) is 8.74. The van der Waals surface area contributed by atoms with Gasteiger partial charge in [-0.3, -0.25) is 0 Å². The Labute approximate surface area is 109 Å². The maximum atomic E-state index is 8.64. The van der Waals surface area contributed by atoms with Crippen molar-refractivity contribution in [3.63, 3.8) is 0 Å². The van der Waals surface area contributed by atoms with Crippen molar-refractivity contribution >= 4 is 28.2 Å². The molecule has 0 spiro atoms. The van der Waals surface area contributed by atoms with E-state index < -0.39 is 0 Å². The molecule has 1 N–H and O–H groups in total. The number of halogens is 1. The van der Waals surface area contributed by atoms with Gasteiger partial charge in [-0.25, -0.2) is 4.98 Å². The lowest BCUT2D eigenvalue weighted by Gasteiger charge is -2.05. The lowest BCUT2D eigenvalue weighted by atomic mass is 10.2. The molecule has 2 aromatic rings. The van der Waals surface area contributed by atoms with Crippen molar-refractivity contribution in [2.45, 2.75) is 0 Å². The number of allylic oxidation sites excluding steroid dienone is 1. The van der Waals surface area contributed by atoms with Crippen LogP contribution in [-0.2, 0) is 0 Å². The molecule has 1 heterocycles. The van der Waals surface area contributed by atoms with E-state index in [1.165, 1.54) is 6.20 Å². The van der Waals surface area contributed by atoms with Crippen molar-refractivity contribution in [1.29, 1.82) is 10.5 Å². The van der Waals surface area contributed by atoms with Gasteiger partial charge in [0.1, 0.15) is 22.9 Å². The highest BCUT2D eigenvalue weighted by molar-refractivity contribution is 6.29. The molecule has 0 saturated heterocycles. The van der Waals surface area contributed by atoms with E-state index in [9.17, 15) is 0 Å². The number of anilines is 1. The Morgan fingerprint density at radius 1 is 1.22 bits per heavy atom. The largest absolute Gasteiger partial charge is 0.358 e. The molecule has 0 unspecified atom stereocenters. The first-order valence-electron chi connectivity index (χ1n) is 5.07. The number of para-hydroxylation sites is 1. The van der Waals surface area contributed by atoms with Gasteiger partial charge in [0, 0.05) is 11.6 Å². The molecular formula is C13H7ClN4. The van der Waals surface area contributed by atoms with Crippen molar-refractivity contribution in [3.05, 3.63) is 47.3 Å². The van der Waals surface area contributed by atoms with E-state index in [0.29, 0.717) is 16.4 Å². The van der Waals surface area contributed by atoms with E-state index in [4.69, 9.17) is 22.1 Å². The van der Waals surface area contributed by atoms with Crippen LogP contribution in [0.25, 0.3) is 10.9 Å². The minimum atomic E-state index is -0.00553. The Hall–Kier alpha value is -2.56. The number of nitriles is 2. The molecule has 0 atom stereocenters. The predicted octanol–water partition coefficient (Wildman–Crippen LogP) is 3.23. The molecule has 0 aliphatic rings. The highest BCUT2D eigenvalue weighted by Gasteiger charge is 2.02. The summed E-state index contributed by atoms with van der Waals surface area (Å²) in [7, 11) is 0. The third-order valence-electron chi connectivity index (χ3n) is 2.30. The maximum absolute atomic E-state index is 8.64. The van der Waals surface area contributed by atoms with Gasteiger partial charge in [0.25, 0.3) is 0 Å². The minimum Gasteiger partial charge on any atom is -0.358 e. The second-order valence-electron chi connectivity index (χ2n) is 3.44. The molecule has 4 nitrogen and oxygen atoms in total. The zero-order valence-corrected chi connectivity index (χ0v) is 9.94. The second-order valence-corrected chi connectivity index (χ2v) is 3.82. The summed E-state index contributed by atoms with van der Waals surface area (Å²) >= 11 is 5.85. The molecule has 0 aliphatic carbocycles. The average Bonchev–Trinajstić information content (AvgIpc) is 2.40. The third kappa shape index (κ3) is 2.40. The molecule has 18 heavy (non-hydrogen) atoms. The smallest absolute Gasteiger partial charge is 0.145 e. The molecule has 86 valence electrons. The standard InChI is InChI=1S/C13H7ClN4/c14-12-5-4-10-2-1-3-11(13(10)18-12)17-8-9(6-15)7-16/h1-5,8,17H. The summed E-state index contributed by atoms with van der Waals surface area (Å²) in [6.07, 6.45) is 1.34. The summed E-state index contributed by atoms with van der Waals surface area (Å²) < 4.78 is 0. The van der Waals surface area contributed by atoms with Crippen LogP contribution in [0.5, 0.6) is 0 Å². The number of hydrogen-bond acceptors (Lipinski definition) is 4. The Balaban J connectivity index is 2.46.